The maximum Gasteiger partial charge on any atom is 0.406 e. The second-order valence-corrected chi connectivity index (χ2v) is 6.44. The Bertz CT molecular complexity index is 572. The Labute approximate surface area is 126 Å². The lowest BCUT2D eigenvalue weighted by Gasteiger charge is -2.27. The van der Waals surface area contributed by atoms with E-state index in [-0.39, 0.29) is 6.54 Å². The molecule has 2 heterocycles. The Morgan fingerprint density at radius 2 is 2.14 bits per heavy atom. The van der Waals surface area contributed by atoms with Crippen LogP contribution in [-0.4, -0.2) is 47.4 Å². The Kier molecular flexibility index (Phi) is 4.25. The maximum absolute atomic E-state index is 13.1. The summed E-state index contributed by atoms with van der Waals surface area (Å²) >= 11 is 2.47. The number of amides is 1. The van der Waals surface area contributed by atoms with E-state index >= 15 is 0 Å². The van der Waals surface area contributed by atoms with Gasteiger partial charge in [0.15, 0.2) is 5.41 Å². The minimum Gasteiger partial charge on any atom is -0.481 e. The van der Waals surface area contributed by atoms with Gasteiger partial charge in [0.1, 0.15) is 4.88 Å². The first kappa shape index (κ1) is 16.2. The standard InChI is InChI=1S/C12H12F3NO3S2/c1-20-7-2-5-21-8(7)9(17)16-4-3-11(6-16,10(18)19)12(13,14)15/h2,5H,3-4,6H2,1H3,(H,18,19). The van der Waals surface area contributed by atoms with Crippen LogP contribution in [0.5, 0.6) is 0 Å². The number of carbonyl (C=O) groups excluding carboxylic acids is 1. The molecule has 1 aliphatic heterocycles. The quantitative estimate of drug-likeness (QED) is 0.860. The molecule has 1 N–H and O–H groups in total. The smallest absolute Gasteiger partial charge is 0.406 e. The molecule has 0 saturated carbocycles. The summed E-state index contributed by atoms with van der Waals surface area (Å²) < 4.78 is 39.2. The van der Waals surface area contributed by atoms with Crippen molar-refractivity contribution in [3.63, 3.8) is 0 Å². The largest absolute Gasteiger partial charge is 0.481 e. The van der Waals surface area contributed by atoms with Crippen molar-refractivity contribution in [2.24, 2.45) is 5.41 Å². The molecule has 0 aliphatic carbocycles. The number of nitrogens with zero attached hydrogens (tertiary/aromatic N) is 1. The zero-order valence-electron chi connectivity index (χ0n) is 10.9. The number of thioether (sulfide) groups is 1. The first-order valence-electron chi connectivity index (χ1n) is 5.94. The predicted octanol–water partition coefficient (Wildman–Crippen LogP) is 2.95. The van der Waals surface area contributed by atoms with Crippen LogP contribution in [-0.2, 0) is 4.79 Å². The lowest BCUT2D eigenvalue weighted by atomic mass is 9.86. The molecule has 1 aromatic heterocycles. The van der Waals surface area contributed by atoms with Gasteiger partial charge in [-0.15, -0.1) is 23.1 Å². The van der Waals surface area contributed by atoms with Gasteiger partial charge < -0.3 is 10.0 Å². The fourth-order valence-electron chi connectivity index (χ4n) is 2.27. The van der Waals surface area contributed by atoms with E-state index in [0.717, 1.165) is 16.2 Å². The third-order valence-electron chi connectivity index (χ3n) is 3.55. The highest BCUT2D eigenvalue weighted by molar-refractivity contribution is 7.98. The first-order valence-corrected chi connectivity index (χ1v) is 8.04. The fourth-order valence-corrected chi connectivity index (χ4v) is 3.98. The number of carbonyl (C=O) groups is 2. The SMILES string of the molecule is CSc1ccsc1C(=O)N1CCC(C(=O)O)(C(F)(F)F)C1. The van der Waals surface area contributed by atoms with E-state index < -0.39 is 36.4 Å². The highest BCUT2D eigenvalue weighted by atomic mass is 32.2. The van der Waals surface area contributed by atoms with E-state index in [0.29, 0.717) is 9.77 Å². The first-order chi connectivity index (χ1) is 9.73. The molecule has 116 valence electrons. The Morgan fingerprint density at radius 3 is 2.62 bits per heavy atom. The molecule has 1 unspecified atom stereocenters. The minimum absolute atomic E-state index is 0.212. The van der Waals surface area contributed by atoms with Crippen LogP contribution in [0.3, 0.4) is 0 Å². The van der Waals surface area contributed by atoms with Gasteiger partial charge in [-0.05, 0) is 24.1 Å². The van der Waals surface area contributed by atoms with Gasteiger partial charge in [0.25, 0.3) is 5.91 Å². The number of aliphatic carboxylic acids is 1. The highest BCUT2D eigenvalue weighted by Gasteiger charge is 2.64. The summed E-state index contributed by atoms with van der Waals surface area (Å²) in [7, 11) is 0. The zero-order valence-corrected chi connectivity index (χ0v) is 12.6. The number of carboxylic acid groups (broad SMARTS) is 1. The van der Waals surface area contributed by atoms with Crippen LogP contribution in [0.4, 0.5) is 13.2 Å². The van der Waals surface area contributed by atoms with Gasteiger partial charge in [-0.25, -0.2) is 0 Å². The molecule has 21 heavy (non-hydrogen) atoms. The molecule has 1 fully saturated rings. The zero-order chi connectivity index (χ0) is 15.8. The molecule has 0 bridgehead atoms. The van der Waals surface area contributed by atoms with Crippen molar-refractivity contribution in [1.82, 2.24) is 4.90 Å². The topological polar surface area (TPSA) is 57.6 Å². The molecular formula is C12H12F3NO3S2. The minimum atomic E-state index is -4.88. The predicted molar refractivity (Wildman–Crippen MR) is 72.7 cm³/mol. The molecule has 0 spiro atoms. The van der Waals surface area contributed by atoms with E-state index in [4.69, 9.17) is 5.11 Å². The van der Waals surface area contributed by atoms with Gasteiger partial charge in [0.05, 0.1) is 0 Å². The molecule has 4 nitrogen and oxygen atoms in total. The van der Waals surface area contributed by atoms with Crippen molar-refractivity contribution in [2.45, 2.75) is 17.5 Å². The molecule has 1 atom stereocenters. The van der Waals surface area contributed by atoms with Crippen molar-refractivity contribution in [1.29, 1.82) is 0 Å². The van der Waals surface area contributed by atoms with Crippen LogP contribution < -0.4 is 0 Å². The summed E-state index contributed by atoms with van der Waals surface area (Å²) in [6.07, 6.45) is -3.73. The van der Waals surface area contributed by atoms with E-state index in [1.807, 2.05) is 0 Å². The van der Waals surface area contributed by atoms with Gasteiger partial charge in [-0.2, -0.15) is 13.2 Å². The number of hydrogen-bond donors (Lipinski definition) is 1. The third-order valence-corrected chi connectivity index (χ3v) is 5.36. The highest BCUT2D eigenvalue weighted by Crippen LogP contribution is 2.46. The van der Waals surface area contributed by atoms with Crippen LogP contribution >= 0.6 is 23.1 Å². The molecular weight excluding hydrogens is 327 g/mol. The van der Waals surface area contributed by atoms with Gasteiger partial charge in [0, 0.05) is 18.0 Å². The number of thiophene rings is 1. The van der Waals surface area contributed by atoms with Gasteiger partial charge >= 0.3 is 12.1 Å². The Morgan fingerprint density at radius 1 is 1.48 bits per heavy atom. The normalized spacial score (nSPS) is 22.6. The second kappa shape index (κ2) is 5.53. The molecule has 1 aromatic rings. The summed E-state index contributed by atoms with van der Waals surface area (Å²) in [5.41, 5.74) is -2.86. The van der Waals surface area contributed by atoms with Crippen molar-refractivity contribution in [3.8, 4) is 0 Å². The Hall–Kier alpha value is -1.22. The van der Waals surface area contributed by atoms with Crippen molar-refractivity contribution >= 4 is 35.0 Å². The van der Waals surface area contributed by atoms with Gasteiger partial charge in [-0.1, -0.05) is 0 Å². The number of carboxylic acids is 1. The molecule has 1 aliphatic rings. The van der Waals surface area contributed by atoms with E-state index in [1.54, 1.807) is 17.7 Å². The summed E-state index contributed by atoms with van der Waals surface area (Å²) in [5, 5.41) is 10.7. The summed E-state index contributed by atoms with van der Waals surface area (Å²) in [4.78, 5) is 25.4. The maximum atomic E-state index is 13.1. The summed E-state index contributed by atoms with van der Waals surface area (Å²) in [6.45, 7) is -1.05. The van der Waals surface area contributed by atoms with Crippen molar-refractivity contribution < 1.29 is 27.9 Å². The molecule has 1 amide bonds. The average molecular weight is 339 g/mol. The number of alkyl halides is 3. The van der Waals surface area contributed by atoms with Crippen LogP contribution in [0.25, 0.3) is 0 Å². The number of hydrogen-bond acceptors (Lipinski definition) is 4. The fraction of sp³-hybridized carbons (Fsp3) is 0.500. The number of rotatable bonds is 3. The molecule has 0 radical (unpaired) electrons. The lowest BCUT2D eigenvalue weighted by molar-refractivity contribution is -0.227. The summed E-state index contributed by atoms with van der Waals surface area (Å²) in [6, 6.07) is 1.72. The van der Waals surface area contributed by atoms with Crippen LogP contribution in [0.2, 0.25) is 0 Å². The van der Waals surface area contributed by atoms with E-state index in [2.05, 4.69) is 0 Å². The molecule has 0 aromatic carbocycles. The number of halogens is 3. The van der Waals surface area contributed by atoms with Crippen molar-refractivity contribution in [3.05, 3.63) is 16.3 Å². The third kappa shape index (κ3) is 2.64. The molecule has 1 saturated heterocycles. The van der Waals surface area contributed by atoms with Crippen LogP contribution in [0.15, 0.2) is 16.3 Å². The second-order valence-electron chi connectivity index (χ2n) is 4.68. The molecule has 9 heteroatoms. The monoisotopic (exact) mass is 339 g/mol. The van der Waals surface area contributed by atoms with Gasteiger partial charge in [-0.3, -0.25) is 9.59 Å². The summed E-state index contributed by atoms with van der Waals surface area (Å²) in [5.74, 6) is -2.47. The van der Waals surface area contributed by atoms with Gasteiger partial charge in [0.2, 0.25) is 0 Å². The Balaban J connectivity index is 2.26. The number of likely N-dealkylation sites (tertiary alicyclic amines) is 1. The van der Waals surface area contributed by atoms with E-state index in [1.165, 1.54) is 11.8 Å². The van der Waals surface area contributed by atoms with Crippen molar-refractivity contribution in [2.75, 3.05) is 19.3 Å². The lowest BCUT2D eigenvalue weighted by Crippen LogP contribution is -2.47. The molecule has 2 rings (SSSR count). The van der Waals surface area contributed by atoms with Crippen LogP contribution in [0.1, 0.15) is 16.1 Å². The van der Waals surface area contributed by atoms with E-state index in [9.17, 15) is 22.8 Å². The average Bonchev–Trinajstić information content (AvgIpc) is 3.04. The van der Waals surface area contributed by atoms with Crippen LogP contribution in [0, 0.1) is 5.41 Å².